The maximum absolute atomic E-state index is 5.73. The van der Waals surface area contributed by atoms with E-state index in [0.29, 0.717) is 6.61 Å². The van der Waals surface area contributed by atoms with Crippen LogP contribution >= 0.6 is 11.3 Å². The van der Waals surface area contributed by atoms with E-state index in [1.807, 2.05) is 17.9 Å². The second-order valence-electron chi connectivity index (χ2n) is 6.84. The van der Waals surface area contributed by atoms with Gasteiger partial charge in [0.05, 0.1) is 31.1 Å². The minimum atomic E-state index is 0.231. The lowest BCUT2D eigenvalue weighted by Crippen LogP contribution is -2.39. The first-order chi connectivity index (χ1) is 11.8. The average Bonchev–Trinajstić information content (AvgIpc) is 3.16. The Morgan fingerprint density at radius 1 is 1.42 bits per heavy atom. The fourth-order valence-electron chi connectivity index (χ4n) is 3.34. The van der Waals surface area contributed by atoms with Crippen LogP contribution in [0.2, 0.25) is 0 Å². The number of aryl methyl sites for hydroxylation is 1. The van der Waals surface area contributed by atoms with Gasteiger partial charge in [-0.1, -0.05) is 6.42 Å². The number of aromatic nitrogens is 3. The lowest BCUT2D eigenvalue weighted by atomic mass is 9.86. The van der Waals surface area contributed by atoms with Gasteiger partial charge in [-0.05, 0) is 18.8 Å². The van der Waals surface area contributed by atoms with E-state index in [-0.39, 0.29) is 6.04 Å². The highest BCUT2D eigenvalue weighted by atomic mass is 32.1. The van der Waals surface area contributed by atoms with Gasteiger partial charge in [-0.15, -0.1) is 11.3 Å². The molecule has 2 aromatic rings. The van der Waals surface area contributed by atoms with Gasteiger partial charge < -0.3 is 10.1 Å². The number of nitrogens with one attached hydrogen (secondary N) is 1. The third-order valence-corrected chi connectivity index (χ3v) is 5.83. The van der Waals surface area contributed by atoms with E-state index in [1.165, 1.54) is 24.8 Å². The largest absolute Gasteiger partial charge is 0.378 e. The molecule has 1 unspecified atom stereocenters. The first-order valence-corrected chi connectivity index (χ1v) is 9.64. The molecule has 2 fully saturated rings. The van der Waals surface area contributed by atoms with E-state index in [0.717, 1.165) is 43.0 Å². The van der Waals surface area contributed by atoms with E-state index in [2.05, 4.69) is 26.9 Å². The van der Waals surface area contributed by atoms with Crippen molar-refractivity contribution in [3.05, 3.63) is 29.0 Å². The minimum absolute atomic E-state index is 0.231. The summed E-state index contributed by atoms with van der Waals surface area (Å²) < 4.78 is 7.58. The second kappa shape index (κ2) is 7.21. The Balaban J connectivity index is 1.41. The van der Waals surface area contributed by atoms with E-state index in [9.17, 15) is 0 Å². The van der Waals surface area contributed by atoms with Gasteiger partial charge in [0.15, 0.2) is 5.13 Å². The van der Waals surface area contributed by atoms with Crippen molar-refractivity contribution >= 4 is 16.5 Å². The third kappa shape index (κ3) is 3.63. The molecule has 1 aliphatic heterocycles. The van der Waals surface area contributed by atoms with Crippen molar-refractivity contribution in [3.8, 4) is 0 Å². The van der Waals surface area contributed by atoms with Crippen LogP contribution in [-0.2, 0) is 18.3 Å². The summed E-state index contributed by atoms with van der Waals surface area (Å²) in [7, 11) is 1.96. The molecule has 1 atom stereocenters. The fraction of sp³-hybridized carbons (Fsp3) is 0.647. The van der Waals surface area contributed by atoms with Gasteiger partial charge in [0, 0.05) is 43.8 Å². The van der Waals surface area contributed by atoms with Gasteiger partial charge in [-0.2, -0.15) is 5.10 Å². The van der Waals surface area contributed by atoms with E-state index in [4.69, 9.17) is 9.72 Å². The summed E-state index contributed by atoms with van der Waals surface area (Å²) in [6, 6.07) is 0.231. The number of anilines is 1. The third-order valence-electron chi connectivity index (χ3n) is 5.01. The molecule has 0 aromatic carbocycles. The van der Waals surface area contributed by atoms with Gasteiger partial charge in [0.25, 0.3) is 0 Å². The highest BCUT2D eigenvalue weighted by Crippen LogP contribution is 2.30. The molecule has 1 N–H and O–H groups in total. The van der Waals surface area contributed by atoms with E-state index in [1.54, 1.807) is 11.3 Å². The van der Waals surface area contributed by atoms with Crippen LogP contribution < -0.4 is 5.32 Å². The normalized spacial score (nSPS) is 22.5. The number of hydrogen-bond donors (Lipinski definition) is 1. The number of rotatable bonds is 6. The summed E-state index contributed by atoms with van der Waals surface area (Å²) in [5.74, 6) is 0.845. The SMILES string of the molecule is Cn1cc(CN2CCOCC2c2csc(NCC3CCC3)n2)cn1. The molecule has 1 saturated heterocycles. The molecule has 3 heterocycles. The number of hydrogen-bond acceptors (Lipinski definition) is 6. The van der Waals surface area contributed by atoms with Gasteiger partial charge in [-0.25, -0.2) is 4.98 Å². The Morgan fingerprint density at radius 3 is 3.08 bits per heavy atom. The van der Waals surface area contributed by atoms with E-state index < -0.39 is 0 Å². The predicted octanol–water partition coefficient (Wildman–Crippen LogP) is 2.66. The Bertz CT molecular complexity index is 665. The quantitative estimate of drug-likeness (QED) is 0.871. The van der Waals surface area contributed by atoms with Crippen molar-refractivity contribution in [1.29, 1.82) is 0 Å². The molecule has 0 bridgehead atoms. The first kappa shape index (κ1) is 16.1. The van der Waals surface area contributed by atoms with Crippen LogP contribution in [0.15, 0.2) is 17.8 Å². The second-order valence-corrected chi connectivity index (χ2v) is 7.70. The van der Waals surface area contributed by atoms with Crippen LogP contribution in [0.1, 0.15) is 36.6 Å². The van der Waals surface area contributed by atoms with E-state index >= 15 is 0 Å². The Hall–Kier alpha value is -1.44. The number of ether oxygens (including phenoxy) is 1. The highest BCUT2D eigenvalue weighted by Gasteiger charge is 2.27. The zero-order valence-electron chi connectivity index (χ0n) is 14.1. The minimum Gasteiger partial charge on any atom is -0.378 e. The number of nitrogens with zero attached hydrogens (tertiary/aromatic N) is 4. The predicted molar refractivity (Wildman–Crippen MR) is 95.1 cm³/mol. The van der Waals surface area contributed by atoms with Crippen molar-refractivity contribution < 1.29 is 4.74 Å². The molecule has 130 valence electrons. The molecule has 0 spiro atoms. The summed E-state index contributed by atoms with van der Waals surface area (Å²) in [6.45, 7) is 4.39. The summed E-state index contributed by atoms with van der Waals surface area (Å²) >= 11 is 1.71. The maximum Gasteiger partial charge on any atom is 0.182 e. The van der Waals surface area contributed by atoms with Gasteiger partial charge >= 0.3 is 0 Å². The zero-order valence-corrected chi connectivity index (χ0v) is 15.0. The number of thiazole rings is 1. The van der Waals surface area contributed by atoms with Gasteiger partial charge in [-0.3, -0.25) is 9.58 Å². The molecule has 24 heavy (non-hydrogen) atoms. The van der Waals surface area contributed by atoms with Crippen LogP contribution in [0.4, 0.5) is 5.13 Å². The average molecular weight is 347 g/mol. The van der Waals surface area contributed by atoms with Crippen molar-refractivity contribution in [2.45, 2.75) is 31.8 Å². The van der Waals surface area contributed by atoms with Crippen LogP contribution in [0.5, 0.6) is 0 Å². The molecule has 1 aliphatic carbocycles. The standard InChI is InChI=1S/C17H25N5OS/c1-21-9-14(8-19-21)10-22-5-6-23-11-16(22)15-12-24-17(20-15)18-7-13-3-2-4-13/h8-9,12-13,16H,2-7,10-11H2,1H3,(H,18,20). The summed E-state index contributed by atoms with van der Waals surface area (Å²) in [5, 5.41) is 11.0. The molecule has 1 saturated carbocycles. The van der Waals surface area contributed by atoms with Crippen molar-refractivity contribution in [2.75, 3.05) is 31.6 Å². The molecule has 6 nitrogen and oxygen atoms in total. The summed E-state index contributed by atoms with van der Waals surface area (Å²) in [4.78, 5) is 7.28. The Morgan fingerprint density at radius 2 is 2.33 bits per heavy atom. The highest BCUT2D eigenvalue weighted by molar-refractivity contribution is 7.13. The molecule has 2 aliphatic rings. The smallest absolute Gasteiger partial charge is 0.182 e. The van der Waals surface area contributed by atoms with Crippen LogP contribution in [-0.4, -0.2) is 46.0 Å². The van der Waals surface area contributed by atoms with Crippen LogP contribution in [0.25, 0.3) is 0 Å². The zero-order chi connectivity index (χ0) is 16.4. The van der Waals surface area contributed by atoms with Crippen LogP contribution in [0.3, 0.4) is 0 Å². The number of morpholine rings is 1. The van der Waals surface area contributed by atoms with Crippen molar-refractivity contribution in [1.82, 2.24) is 19.7 Å². The summed E-state index contributed by atoms with van der Waals surface area (Å²) in [6.07, 6.45) is 8.14. The van der Waals surface area contributed by atoms with Crippen molar-refractivity contribution in [2.24, 2.45) is 13.0 Å². The molecule has 4 rings (SSSR count). The lowest BCUT2D eigenvalue weighted by Gasteiger charge is -2.34. The molecule has 0 amide bonds. The molecule has 2 aromatic heterocycles. The monoisotopic (exact) mass is 347 g/mol. The lowest BCUT2D eigenvalue weighted by molar-refractivity contribution is -0.0140. The maximum atomic E-state index is 5.73. The fourth-order valence-corrected chi connectivity index (χ4v) is 4.10. The molecular formula is C17H25N5OS. The molecule has 0 radical (unpaired) electrons. The first-order valence-electron chi connectivity index (χ1n) is 8.76. The molecule has 7 heteroatoms. The van der Waals surface area contributed by atoms with Crippen molar-refractivity contribution in [3.63, 3.8) is 0 Å². The summed E-state index contributed by atoms with van der Waals surface area (Å²) in [5.41, 5.74) is 2.36. The molecular weight excluding hydrogens is 322 g/mol. The van der Waals surface area contributed by atoms with Gasteiger partial charge in [0.1, 0.15) is 0 Å². The van der Waals surface area contributed by atoms with Gasteiger partial charge in [0.2, 0.25) is 0 Å². The Labute approximate surface area is 146 Å². The Kier molecular flexibility index (Phi) is 4.82. The topological polar surface area (TPSA) is 55.2 Å². The van der Waals surface area contributed by atoms with Crippen LogP contribution in [0, 0.1) is 5.92 Å².